The molecule has 0 bridgehead atoms. The molecule has 2 heterocycles. The first-order valence-corrected chi connectivity index (χ1v) is 9.56. The van der Waals surface area contributed by atoms with Gasteiger partial charge in [0, 0.05) is 39.7 Å². The molecule has 8 nitrogen and oxygen atoms in total. The molecule has 9 heteroatoms. The van der Waals surface area contributed by atoms with Gasteiger partial charge in [0.15, 0.2) is 0 Å². The normalized spacial score (nSPS) is 22.9. The van der Waals surface area contributed by atoms with Gasteiger partial charge in [-0.2, -0.15) is 0 Å². The monoisotopic (exact) mass is 347 g/mol. The van der Waals surface area contributed by atoms with Crippen molar-refractivity contribution in [3.05, 3.63) is 0 Å². The third-order valence-electron chi connectivity index (χ3n) is 4.20. The molecule has 1 atom stereocenters. The zero-order chi connectivity index (χ0) is 17.0. The SMILES string of the molecule is CN(C)C(=O)N1CCC(C(=O)NS(=O)(=O)CC2CCCO2)CC1. The van der Waals surface area contributed by atoms with Crippen LogP contribution in [-0.2, 0) is 19.6 Å². The number of nitrogens with one attached hydrogen (secondary N) is 1. The van der Waals surface area contributed by atoms with E-state index in [1.807, 2.05) is 0 Å². The molecule has 0 radical (unpaired) electrons. The number of ether oxygens (including phenoxy) is 1. The largest absolute Gasteiger partial charge is 0.377 e. The highest BCUT2D eigenvalue weighted by Crippen LogP contribution is 2.19. The van der Waals surface area contributed by atoms with Gasteiger partial charge < -0.3 is 14.5 Å². The van der Waals surface area contributed by atoms with E-state index in [9.17, 15) is 18.0 Å². The second kappa shape index (κ2) is 7.48. The average Bonchev–Trinajstić information content (AvgIpc) is 2.98. The molecular weight excluding hydrogens is 322 g/mol. The molecule has 2 saturated heterocycles. The zero-order valence-corrected chi connectivity index (χ0v) is 14.5. The fourth-order valence-electron chi connectivity index (χ4n) is 2.91. The molecule has 0 aliphatic carbocycles. The Labute approximate surface area is 137 Å². The predicted molar refractivity (Wildman–Crippen MR) is 84.3 cm³/mol. The smallest absolute Gasteiger partial charge is 0.319 e. The molecule has 2 rings (SSSR count). The Morgan fingerprint density at radius 1 is 1.22 bits per heavy atom. The fourth-order valence-corrected chi connectivity index (χ4v) is 4.22. The summed E-state index contributed by atoms with van der Waals surface area (Å²) >= 11 is 0. The third-order valence-corrected chi connectivity index (χ3v) is 5.53. The summed E-state index contributed by atoms with van der Waals surface area (Å²) in [7, 11) is -0.311. The minimum atomic E-state index is -3.67. The van der Waals surface area contributed by atoms with Crippen LogP contribution in [0.15, 0.2) is 0 Å². The molecule has 0 aromatic rings. The molecule has 0 aromatic heterocycles. The lowest BCUT2D eigenvalue weighted by molar-refractivity contribution is -0.124. The van der Waals surface area contributed by atoms with E-state index in [0.717, 1.165) is 6.42 Å². The number of hydrogen-bond acceptors (Lipinski definition) is 5. The number of carbonyl (C=O) groups is 2. The lowest BCUT2D eigenvalue weighted by atomic mass is 9.96. The number of sulfonamides is 1. The van der Waals surface area contributed by atoms with Crippen LogP contribution in [0.5, 0.6) is 0 Å². The van der Waals surface area contributed by atoms with E-state index in [0.29, 0.717) is 39.0 Å². The number of amides is 3. The van der Waals surface area contributed by atoms with E-state index >= 15 is 0 Å². The van der Waals surface area contributed by atoms with Crippen molar-refractivity contribution in [1.29, 1.82) is 0 Å². The molecule has 2 fully saturated rings. The van der Waals surface area contributed by atoms with Crippen molar-refractivity contribution in [1.82, 2.24) is 14.5 Å². The summed E-state index contributed by atoms with van der Waals surface area (Å²) in [5.74, 6) is -1.02. The molecule has 2 aliphatic rings. The summed E-state index contributed by atoms with van der Waals surface area (Å²) in [5.41, 5.74) is 0. The summed E-state index contributed by atoms with van der Waals surface area (Å²) in [6, 6.07) is -0.0881. The number of urea groups is 1. The standard InChI is InChI=1S/C14H25N3O5S/c1-16(2)14(19)17-7-5-11(6-8-17)13(18)15-23(20,21)10-12-4-3-9-22-12/h11-12H,3-10H2,1-2H3,(H,15,18). The second-order valence-corrected chi connectivity index (χ2v) is 8.09. The van der Waals surface area contributed by atoms with Crippen LogP contribution >= 0.6 is 0 Å². The van der Waals surface area contributed by atoms with Crippen LogP contribution in [0.4, 0.5) is 4.79 Å². The van der Waals surface area contributed by atoms with Crippen molar-refractivity contribution in [2.24, 2.45) is 5.92 Å². The third kappa shape index (κ3) is 5.07. The van der Waals surface area contributed by atoms with Crippen LogP contribution in [0.2, 0.25) is 0 Å². The van der Waals surface area contributed by atoms with E-state index in [1.54, 1.807) is 19.0 Å². The Bertz CT molecular complexity index is 535. The average molecular weight is 347 g/mol. The quantitative estimate of drug-likeness (QED) is 0.772. The molecule has 0 aromatic carbocycles. The maximum Gasteiger partial charge on any atom is 0.319 e. The molecule has 3 amide bonds. The van der Waals surface area contributed by atoms with E-state index < -0.39 is 15.9 Å². The van der Waals surface area contributed by atoms with Crippen LogP contribution in [0.1, 0.15) is 25.7 Å². The highest BCUT2D eigenvalue weighted by Gasteiger charge is 2.31. The van der Waals surface area contributed by atoms with Crippen molar-refractivity contribution in [3.63, 3.8) is 0 Å². The minimum Gasteiger partial charge on any atom is -0.377 e. The van der Waals surface area contributed by atoms with Gasteiger partial charge in [0.05, 0.1) is 11.9 Å². The Kier molecular flexibility index (Phi) is 5.85. The first kappa shape index (κ1) is 18.0. The molecule has 0 saturated carbocycles. The lowest BCUT2D eigenvalue weighted by Gasteiger charge is -2.33. The molecule has 1 unspecified atom stereocenters. The molecule has 2 aliphatic heterocycles. The number of rotatable bonds is 4. The summed E-state index contributed by atoms with van der Waals surface area (Å²) < 4.78 is 31.5. The van der Waals surface area contributed by atoms with Crippen LogP contribution in [-0.4, -0.2) is 75.8 Å². The number of piperidine rings is 1. The zero-order valence-electron chi connectivity index (χ0n) is 13.7. The maximum atomic E-state index is 12.2. The van der Waals surface area contributed by atoms with Crippen molar-refractivity contribution in [2.75, 3.05) is 39.5 Å². The maximum absolute atomic E-state index is 12.2. The van der Waals surface area contributed by atoms with Gasteiger partial charge in [0.25, 0.3) is 0 Å². The Morgan fingerprint density at radius 3 is 2.39 bits per heavy atom. The number of nitrogens with zero attached hydrogens (tertiary/aromatic N) is 2. The second-order valence-electron chi connectivity index (χ2n) is 6.32. The lowest BCUT2D eigenvalue weighted by Crippen LogP contribution is -2.47. The highest BCUT2D eigenvalue weighted by atomic mass is 32.2. The van der Waals surface area contributed by atoms with Gasteiger partial charge >= 0.3 is 6.03 Å². The molecule has 1 N–H and O–H groups in total. The van der Waals surface area contributed by atoms with Gasteiger partial charge in [-0.15, -0.1) is 0 Å². The Hall–Kier alpha value is -1.35. The van der Waals surface area contributed by atoms with Gasteiger partial charge in [-0.05, 0) is 25.7 Å². The molecule has 132 valence electrons. The van der Waals surface area contributed by atoms with E-state index in [4.69, 9.17) is 4.74 Å². The van der Waals surface area contributed by atoms with E-state index in [1.165, 1.54) is 4.90 Å². The first-order chi connectivity index (χ1) is 10.8. The van der Waals surface area contributed by atoms with Gasteiger partial charge in [-0.1, -0.05) is 0 Å². The highest BCUT2D eigenvalue weighted by molar-refractivity contribution is 7.90. The van der Waals surface area contributed by atoms with Crippen LogP contribution in [0, 0.1) is 5.92 Å². The molecular formula is C14H25N3O5S. The van der Waals surface area contributed by atoms with Gasteiger partial charge in [-0.3, -0.25) is 9.52 Å². The summed E-state index contributed by atoms with van der Waals surface area (Å²) in [5, 5.41) is 0. The van der Waals surface area contributed by atoms with Crippen molar-refractivity contribution in [2.45, 2.75) is 31.8 Å². The van der Waals surface area contributed by atoms with E-state index in [-0.39, 0.29) is 23.8 Å². The van der Waals surface area contributed by atoms with Gasteiger partial charge in [-0.25, -0.2) is 13.2 Å². The van der Waals surface area contributed by atoms with Crippen LogP contribution in [0.3, 0.4) is 0 Å². The summed E-state index contributed by atoms with van der Waals surface area (Å²) in [6.45, 7) is 1.49. The van der Waals surface area contributed by atoms with Gasteiger partial charge in [0.2, 0.25) is 15.9 Å². The van der Waals surface area contributed by atoms with Crippen molar-refractivity contribution in [3.8, 4) is 0 Å². The summed E-state index contributed by atoms with van der Waals surface area (Å²) in [6.07, 6.45) is 2.19. The number of hydrogen-bond donors (Lipinski definition) is 1. The van der Waals surface area contributed by atoms with Gasteiger partial charge in [0.1, 0.15) is 0 Å². The fraction of sp³-hybridized carbons (Fsp3) is 0.857. The topological polar surface area (TPSA) is 96.0 Å². The minimum absolute atomic E-state index is 0.0881. The molecule has 23 heavy (non-hydrogen) atoms. The van der Waals surface area contributed by atoms with Crippen molar-refractivity contribution >= 4 is 22.0 Å². The first-order valence-electron chi connectivity index (χ1n) is 7.90. The van der Waals surface area contributed by atoms with Crippen molar-refractivity contribution < 1.29 is 22.7 Å². The van der Waals surface area contributed by atoms with Crippen LogP contribution in [0.25, 0.3) is 0 Å². The number of carbonyl (C=O) groups excluding carboxylic acids is 2. The Balaban J connectivity index is 1.81. The van der Waals surface area contributed by atoms with Crippen LogP contribution < -0.4 is 4.72 Å². The summed E-state index contributed by atoms with van der Waals surface area (Å²) in [4.78, 5) is 27.2. The number of likely N-dealkylation sites (tertiary alicyclic amines) is 1. The van der Waals surface area contributed by atoms with E-state index in [2.05, 4.69) is 4.72 Å². The molecule has 0 spiro atoms. The predicted octanol–water partition coefficient (Wildman–Crippen LogP) is 0.00500. The Morgan fingerprint density at radius 2 is 1.87 bits per heavy atom.